The summed E-state index contributed by atoms with van der Waals surface area (Å²) in [5.41, 5.74) is 2.98. The van der Waals surface area contributed by atoms with Gasteiger partial charge in [-0.05, 0) is 93.0 Å². The fourth-order valence-electron chi connectivity index (χ4n) is 9.59. The van der Waals surface area contributed by atoms with E-state index in [1.165, 1.54) is 18.8 Å². The van der Waals surface area contributed by atoms with Crippen molar-refractivity contribution in [2.24, 2.45) is 7.05 Å². The summed E-state index contributed by atoms with van der Waals surface area (Å²) in [7, 11) is 6.41. The summed E-state index contributed by atoms with van der Waals surface area (Å²) in [6.45, 7) is 5.09. The van der Waals surface area contributed by atoms with Gasteiger partial charge in [-0.3, -0.25) is 58.6 Å². The van der Waals surface area contributed by atoms with Crippen LogP contribution in [0.4, 0.5) is 5.69 Å². The molecule has 6 heterocycles. The lowest BCUT2D eigenvalue weighted by Crippen LogP contribution is -2.57. The lowest BCUT2D eigenvalue weighted by molar-refractivity contribution is -0.156. The number of unbranched alkanes of at least 4 members (excludes halogenated alkanes) is 1. The van der Waals surface area contributed by atoms with Crippen molar-refractivity contribution < 1.29 is 47.7 Å². The van der Waals surface area contributed by atoms with Gasteiger partial charge in [0.15, 0.2) is 0 Å². The van der Waals surface area contributed by atoms with Crippen LogP contribution in [0, 0.1) is 0 Å². The number of nitrogens with zero attached hydrogens (tertiary/aromatic N) is 6. The molecule has 4 aliphatic heterocycles. The van der Waals surface area contributed by atoms with Crippen molar-refractivity contribution in [1.29, 1.82) is 0 Å². The predicted octanol–water partition coefficient (Wildman–Crippen LogP) is 2.22. The van der Waals surface area contributed by atoms with Crippen LogP contribution in [-0.2, 0) is 42.2 Å². The maximum absolute atomic E-state index is 13.5. The number of nitrogens with one attached hydrogen (secondary N) is 2. The standard InChI is InChI=1S/C47H54N8O11/c1-51-25-35(31-11-15-48-24-34(31)43(51)60)29-21-38(63-3)36(39(22-29)64-4)26-52(2)46(65-28-56)42(59)49-14-5-6-16-53-19-20-66-47(27-53)12-17-54(18-13-47)30-7-8-32-33(23-30)45(62)55(44(32)61)37-9-10-40(57)50-41(37)58/h7-8,11,15,21-25,28,37,46H,5-6,9-10,12-14,16-20,26-27H2,1-4H3,(H,49,59)(H,50,57,58). The highest BCUT2D eigenvalue weighted by Gasteiger charge is 2.45. The van der Waals surface area contributed by atoms with Crippen molar-refractivity contribution in [1.82, 2.24) is 34.9 Å². The topological polar surface area (TPSA) is 211 Å². The van der Waals surface area contributed by atoms with Gasteiger partial charge in [0, 0.05) is 82.6 Å². The summed E-state index contributed by atoms with van der Waals surface area (Å²) in [6, 6.07) is 9.66. The number of aryl methyl sites for hydroxylation is 1. The van der Waals surface area contributed by atoms with Crippen molar-refractivity contribution in [2.45, 2.75) is 62.9 Å². The highest BCUT2D eigenvalue weighted by molar-refractivity contribution is 6.23. The molecule has 2 aromatic carbocycles. The number of carbonyl (C=O) groups is 6. The second kappa shape index (κ2) is 19.4. The summed E-state index contributed by atoms with van der Waals surface area (Å²) in [5.74, 6) is -1.62. The fraction of sp³-hybridized carbons (Fsp3) is 0.447. The molecule has 0 bridgehead atoms. The molecule has 348 valence electrons. The zero-order chi connectivity index (χ0) is 46.7. The summed E-state index contributed by atoms with van der Waals surface area (Å²) < 4.78 is 24.8. The number of aromatic nitrogens is 2. The number of hydrogen-bond acceptors (Lipinski definition) is 15. The third kappa shape index (κ3) is 9.10. The number of amides is 5. The quantitative estimate of drug-likeness (QED) is 0.0715. The van der Waals surface area contributed by atoms with Crippen LogP contribution in [0.2, 0.25) is 0 Å². The van der Waals surface area contributed by atoms with Crippen LogP contribution in [0.15, 0.2) is 59.8 Å². The van der Waals surface area contributed by atoms with Crippen LogP contribution >= 0.6 is 0 Å². The largest absolute Gasteiger partial charge is 0.496 e. The zero-order valence-electron chi connectivity index (χ0n) is 37.5. The minimum Gasteiger partial charge on any atom is -0.496 e. The molecule has 0 radical (unpaired) electrons. The molecule has 2 aromatic heterocycles. The smallest absolute Gasteiger partial charge is 0.295 e. The number of morpholine rings is 1. The Hall–Kier alpha value is -6.70. The van der Waals surface area contributed by atoms with E-state index in [1.54, 1.807) is 55.8 Å². The van der Waals surface area contributed by atoms with E-state index >= 15 is 0 Å². The second-order valence-electron chi connectivity index (χ2n) is 17.2. The number of pyridine rings is 2. The Kier molecular flexibility index (Phi) is 13.5. The van der Waals surface area contributed by atoms with Gasteiger partial charge < -0.3 is 33.7 Å². The third-order valence-electron chi connectivity index (χ3n) is 13.1. The Labute approximate surface area is 380 Å². The Morgan fingerprint density at radius 1 is 0.985 bits per heavy atom. The average Bonchev–Trinajstić information content (AvgIpc) is 3.56. The number of benzene rings is 2. The van der Waals surface area contributed by atoms with Gasteiger partial charge in [0.05, 0.1) is 48.5 Å². The number of imide groups is 2. The molecular formula is C47H54N8O11. The van der Waals surface area contributed by atoms with Gasteiger partial charge in [-0.15, -0.1) is 0 Å². The summed E-state index contributed by atoms with van der Waals surface area (Å²) in [5, 5.41) is 6.36. The predicted molar refractivity (Wildman–Crippen MR) is 240 cm³/mol. The zero-order valence-corrected chi connectivity index (χ0v) is 37.5. The minimum atomic E-state index is -1.23. The molecule has 0 saturated carbocycles. The number of methoxy groups -OCH3 is 2. The summed E-state index contributed by atoms with van der Waals surface area (Å²) in [6.07, 6.45) is 6.92. The van der Waals surface area contributed by atoms with Gasteiger partial charge in [-0.1, -0.05) is 0 Å². The number of hydrogen-bond donors (Lipinski definition) is 2. The fourth-order valence-corrected chi connectivity index (χ4v) is 9.59. The maximum Gasteiger partial charge on any atom is 0.295 e. The Bertz CT molecular complexity index is 2600. The number of ether oxygens (including phenoxy) is 4. The first-order valence-electron chi connectivity index (χ1n) is 22.1. The van der Waals surface area contributed by atoms with E-state index in [9.17, 15) is 33.6 Å². The van der Waals surface area contributed by atoms with Crippen LogP contribution in [0.25, 0.3) is 21.9 Å². The van der Waals surface area contributed by atoms with E-state index in [-0.39, 0.29) is 48.1 Å². The van der Waals surface area contributed by atoms with Crippen molar-refractivity contribution in [3.63, 3.8) is 0 Å². The molecule has 2 atom stereocenters. The molecule has 8 rings (SSSR count). The first kappa shape index (κ1) is 45.9. The minimum absolute atomic E-state index is 0.0626. The molecule has 4 aromatic rings. The molecule has 66 heavy (non-hydrogen) atoms. The van der Waals surface area contributed by atoms with Gasteiger partial charge in [0.25, 0.3) is 29.8 Å². The SMILES string of the molecule is COc1cc(-c2cn(C)c(=O)c3cnccc23)cc(OC)c1CN(C)C(OC=O)C(=O)NCCCCN1CCOC2(CCN(c3ccc4c(c3)C(=O)N(C3CCC(=O)NC3=O)C4=O)CC2)C1. The number of rotatable bonds is 16. The summed E-state index contributed by atoms with van der Waals surface area (Å²) >= 11 is 0. The lowest BCUT2D eigenvalue weighted by atomic mass is 9.88. The van der Waals surface area contributed by atoms with Gasteiger partial charge in [0.2, 0.25) is 18.0 Å². The molecule has 4 aliphatic rings. The Morgan fingerprint density at radius 3 is 2.44 bits per heavy atom. The van der Waals surface area contributed by atoms with Crippen molar-refractivity contribution in [3.8, 4) is 22.6 Å². The highest BCUT2D eigenvalue weighted by Crippen LogP contribution is 2.39. The molecule has 0 aliphatic carbocycles. The van der Waals surface area contributed by atoms with Crippen LogP contribution in [0.5, 0.6) is 11.5 Å². The molecule has 5 amide bonds. The number of anilines is 1. The molecular weight excluding hydrogens is 853 g/mol. The van der Waals surface area contributed by atoms with E-state index in [4.69, 9.17) is 18.9 Å². The average molecular weight is 907 g/mol. The van der Waals surface area contributed by atoms with Gasteiger partial charge >= 0.3 is 0 Å². The third-order valence-corrected chi connectivity index (χ3v) is 13.1. The van der Waals surface area contributed by atoms with Gasteiger partial charge in [0.1, 0.15) is 17.5 Å². The van der Waals surface area contributed by atoms with Crippen molar-refractivity contribution in [2.75, 3.05) is 72.0 Å². The number of carbonyl (C=O) groups excluding carboxylic acids is 6. The molecule has 3 saturated heterocycles. The summed E-state index contributed by atoms with van der Waals surface area (Å²) in [4.78, 5) is 99.9. The Morgan fingerprint density at radius 2 is 1.73 bits per heavy atom. The first-order valence-corrected chi connectivity index (χ1v) is 22.1. The van der Waals surface area contributed by atoms with Gasteiger partial charge in [-0.25, -0.2) is 0 Å². The normalized spacial score (nSPS) is 19.0. The first-order chi connectivity index (χ1) is 31.8. The number of fused-ring (bicyclic) bond motifs is 2. The van der Waals surface area contributed by atoms with Crippen molar-refractivity contribution >= 4 is 52.5 Å². The van der Waals surface area contributed by atoms with E-state index in [2.05, 4.69) is 25.4 Å². The second-order valence-corrected chi connectivity index (χ2v) is 17.2. The highest BCUT2D eigenvalue weighted by atomic mass is 16.5. The molecule has 19 heteroatoms. The van der Waals surface area contributed by atoms with Crippen molar-refractivity contribution in [3.05, 3.63) is 82.0 Å². The molecule has 2 unspecified atom stereocenters. The van der Waals surface area contributed by atoms with Crippen LogP contribution in [0.1, 0.15) is 64.8 Å². The van der Waals surface area contributed by atoms with E-state index in [0.29, 0.717) is 55.1 Å². The van der Waals surface area contributed by atoms with E-state index in [0.717, 1.165) is 66.0 Å². The molecule has 3 fully saturated rings. The van der Waals surface area contributed by atoms with Gasteiger partial charge in [-0.2, -0.15) is 0 Å². The number of likely N-dealkylation sites (N-methyl/N-ethyl adjacent to an activating group) is 1. The van der Waals surface area contributed by atoms with E-state index < -0.39 is 41.8 Å². The Balaban J connectivity index is 0.819. The van der Waals surface area contributed by atoms with Crippen LogP contribution in [0.3, 0.4) is 0 Å². The lowest BCUT2D eigenvalue weighted by Gasteiger charge is -2.48. The monoisotopic (exact) mass is 906 g/mol. The number of piperidine rings is 2. The van der Waals surface area contributed by atoms with Crippen LogP contribution < -0.4 is 30.6 Å². The molecule has 1 spiro atoms. The molecule has 19 nitrogen and oxygen atoms in total. The van der Waals surface area contributed by atoms with E-state index in [1.807, 2.05) is 18.2 Å². The molecule has 2 N–H and O–H groups in total. The maximum atomic E-state index is 13.5. The van der Waals surface area contributed by atoms with Crippen LogP contribution in [-0.4, -0.2) is 145 Å².